The van der Waals surface area contributed by atoms with Crippen LogP contribution in [0.1, 0.15) is 23.3 Å². The van der Waals surface area contributed by atoms with Crippen molar-refractivity contribution in [3.05, 3.63) is 30.7 Å². The van der Waals surface area contributed by atoms with Gasteiger partial charge < -0.3 is 9.47 Å². The zero-order valence-corrected chi connectivity index (χ0v) is 9.18. The monoisotopic (exact) mass is 222 g/mol. The van der Waals surface area contributed by atoms with E-state index >= 15 is 0 Å². The number of esters is 1. The Hall–Kier alpha value is -1.91. The SMILES string of the molecule is C=CCCCOc1cnc(C(=O)OC)cn1. The molecule has 0 spiro atoms. The second-order valence-electron chi connectivity index (χ2n) is 3.01. The van der Waals surface area contributed by atoms with Crippen LogP contribution < -0.4 is 4.74 Å². The third-order valence-corrected chi connectivity index (χ3v) is 1.83. The zero-order valence-electron chi connectivity index (χ0n) is 9.18. The molecule has 16 heavy (non-hydrogen) atoms. The molecule has 0 unspecified atom stereocenters. The summed E-state index contributed by atoms with van der Waals surface area (Å²) in [6.45, 7) is 4.16. The molecule has 0 bridgehead atoms. The Morgan fingerprint density at radius 3 is 2.88 bits per heavy atom. The molecule has 0 amide bonds. The van der Waals surface area contributed by atoms with Crippen molar-refractivity contribution >= 4 is 5.97 Å². The summed E-state index contributed by atoms with van der Waals surface area (Å²) in [6.07, 6.45) is 6.34. The Morgan fingerprint density at radius 1 is 1.50 bits per heavy atom. The first kappa shape index (κ1) is 12.2. The van der Waals surface area contributed by atoms with Crippen molar-refractivity contribution < 1.29 is 14.3 Å². The Bertz CT molecular complexity index is 349. The fraction of sp³-hybridized carbons (Fsp3) is 0.364. The third-order valence-electron chi connectivity index (χ3n) is 1.83. The number of carbonyl (C=O) groups excluding carboxylic acids is 1. The number of carbonyl (C=O) groups is 1. The fourth-order valence-corrected chi connectivity index (χ4v) is 1.01. The number of methoxy groups -OCH3 is 1. The predicted octanol–water partition coefficient (Wildman–Crippen LogP) is 1.61. The van der Waals surface area contributed by atoms with Gasteiger partial charge in [-0.1, -0.05) is 6.08 Å². The van der Waals surface area contributed by atoms with E-state index in [4.69, 9.17) is 4.74 Å². The molecular weight excluding hydrogens is 208 g/mol. The molecular formula is C11H14N2O3. The standard InChI is InChI=1S/C11H14N2O3/c1-3-4-5-6-16-10-8-12-9(7-13-10)11(14)15-2/h3,7-8H,1,4-6H2,2H3. The molecule has 5 heteroatoms. The van der Waals surface area contributed by atoms with E-state index in [0.29, 0.717) is 12.5 Å². The maximum absolute atomic E-state index is 11.0. The Kier molecular flexibility index (Phi) is 4.98. The van der Waals surface area contributed by atoms with Crippen LogP contribution in [0.4, 0.5) is 0 Å². The summed E-state index contributed by atoms with van der Waals surface area (Å²) < 4.78 is 9.80. The normalized spacial score (nSPS) is 9.56. The first-order valence-corrected chi connectivity index (χ1v) is 4.92. The molecule has 1 aromatic rings. The Morgan fingerprint density at radius 2 is 2.31 bits per heavy atom. The summed E-state index contributed by atoms with van der Waals surface area (Å²) in [5.74, 6) is -0.109. The number of hydrogen-bond donors (Lipinski definition) is 0. The number of aromatic nitrogens is 2. The van der Waals surface area contributed by atoms with Gasteiger partial charge in [-0.3, -0.25) is 0 Å². The van der Waals surface area contributed by atoms with Gasteiger partial charge in [-0.15, -0.1) is 6.58 Å². The number of hydrogen-bond acceptors (Lipinski definition) is 5. The van der Waals surface area contributed by atoms with Crippen molar-refractivity contribution in [1.29, 1.82) is 0 Å². The summed E-state index contributed by atoms with van der Waals surface area (Å²) in [5.41, 5.74) is 0.168. The molecule has 0 radical (unpaired) electrons. The highest BCUT2D eigenvalue weighted by atomic mass is 16.5. The van der Waals surface area contributed by atoms with Gasteiger partial charge in [0.15, 0.2) is 5.69 Å². The Balaban J connectivity index is 2.45. The minimum Gasteiger partial charge on any atom is -0.477 e. The molecule has 0 aliphatic carbocycles. The van der Waals surface area contributed by atoms with E-state index in [2.05, 4.69) is 21.3 Å². The second-order valence-corrected chi connectivity index (χ2v) is 3.01. The number of allylic oxidation sites excluding steroid dienone is 1. The van der Waals surface area contributed by atoms with Crippen LogP contribution in [0.25, 0.3) is 0 Å². The smallest absolute Gasteiger partial charge is 0.358 e. The minimum absolute atomic E-state index is 0.168. The minimum atomic E-state index is -0.509. The topological polar surface area (TPSA) is 61.3 Å². The first-order chi connectivity index (χ1) is 7.77. The molecule has 0 fully saturated rings. The van der Waals surface area contributed by atoms with E-state index in [9.17, 15) is 4.79 Å². The predicted molar refractivity (Wildman–Crippen MR) is 58.3 cm³/mol. The molecule has 1 rings (SSSR count). The summed E-state index contributed by atoms with van der Waals surface area (Å²) in [7, 11) is 1.30. The molecule has 1 aromatic heterocycles. The van der Waals surface area contributed by atoms with Gasteiger partial charge in [0, 0.05) is 0 Å². The van der Waals surface area contributed by atoms with E-state index in [0.717, 1.165) is 12.8 Å². The summed E-state index contributed by atoms with van der Waals surface area (Å²) in [6, 6.07) is 0. The van der Waals surface area contributed by atoms with Crippen molar-refractivity contribution in [2.24, 2.45) is 0 Å². The van der Waals surface area contributed by atoms with Crippen LogP contribution in [0.3, 0.4) is 0 Å². The van der Waals surface area contributed by atoms with Gasteiger partial charge in [0.25, 0.3) is 0 Å². The lowest BCUT2D eigenvalue weighted by Gasteiger charge is -2.03. The van der Waals surface area contributed by atoms with Crippen LogP contribution in [0, 0.1) is 0 Å². The molecule has 0 aliphatic rings. The maximum atomic E-state index is 11.0. The van der Waals surface area contributed by atoms with Crippen molar-refractivity contribution in [1.82, 2.24) is 9.97 Å². The van der Waals surface area contributed by atoms with Crippen LogP contribution in [0.2, 0.25) is 0 Å². The highest BCUT2D eigenvalue weighted by Gasteiger charge is 2.07. The lowest BCUT2D eigenvalue weighted by Crippen LogP contribution is -2.06. The number of nitrogens with zero attached hydrogens (tertiary/aromatic N) is 2. The zero-order chi connectivity index (χ0) is 11.8. The van der Waals surface area contributed by atoms with Gasteiger partial charge in [0.05, 0.1) is 26.1 Å². The van der Waals surface area contributed by atoms with Crippen LogP contribution in [0.5, 0.6) is 5.88 Å². The molecule has 0 atom stereocenters. The van der Waals surface area contributed by atoms with Crippen molar-refractivity contribution in [2.45, 2.75) is 12.8 Å². The van der Waals surface area contributed by atoms with Gasteiger partial charge in [-0.25, -0.2) is 14.8 Å². The highest BCUT2D eigenvalue weighted by molar-refractivity contribution is 5.86. The largest absolute Gasteiger partial charge is 0.477 e. The van der Waals surface area contributed by atoms with Gasteiger partial charge in [0.1, 0.15) is 0 Å². The van der Waals surface area contributed by atoms with E-state index in [1.807, 2.05) is 6.08 Å². The van der Waals surface area contributed by atoms with Crippen LogP contribution in [-0.2, 0) is 4.74 Å². The lowest BCUT2D eigenvalue weighted by atomic mass is 10.3. The third kappa shape index (κ3) is 3.68. The number of rotatable bonds is 6. The van der Waals surface area contributed by atoms with Gasteiger partial charge in [-0.2, -0.15) is 0 Å². The average molecular weight is 222 g/mol. The molecule has 0 saturated carbocycles. The van der Waals surface area contributed by atoms with Crippen molar-refractivity contribution in [3.63, 3.8) is 0 Å². The van der Waals surface area contributed by atoms with Crippen molar-refractivity contribution in [2.75, 3.05) is 13.7 Å². The molecule has 5 nitrogen and oxygen atoms in total. The molecule has 0 aliphatic heterocycles. The highest BCUT2D eigenvalue weighted by Crippen LogP contribution is 2.05. The lowest BCUT2D eigenvalue weighted by molar-refractivity contribution is 0.0593. The molecule has 1 heterocycles. The van der Waals surface area contributed by atoms with Crippen LogP contribution in [0.15, 0.2) is 25.0 Å². The van der Waals surface area contributed by atoms with Crippen LogP contribution >= 0.6 is 0 Å². The quantitative estimate of drug-likeness (QED) is 0.415. The summed E-state index contributed by atoms with van der Waals surface area (Å²) in [4.78, 5) is 18.8. The van der Waals surface area contributed by atoms with Crippen molar-refractivity contribution in [3.8, 4) is 5.88 Å². The Labute approximate surface area is 94.1 Å². The summed E-state index contributed by atoms with van der Waals surface area (Å²) >= 11 is 0. The van der Waals surface area contributed by atoms with Gasteiger partial charge in [0.2, 0.25) is 5.88 Å². The van der Waals surface area contributed by atoms with E-state index < -0.39 is 5.97 Å². The molecule has 86 valence electrons. The average Bonchev–Trinajstić information content (AvgIpc) is 2.34. The number of unbranched alkanes of at least 4 members (excludes halogenated alkanes) is 1. The molecule has 0 aromatic carbocycles. The van der Waals surface area contributed by atoms with E-state index in [1.54, 1.807) is 0 Å². The molecule has 0 saturated heterocycles. The van der Waals surface area contributed by atoms with Crippen LogP contribution in [-0.4, -0.2) is 29.7 Å². The van der Waals surface area contributed by atoms with Gasteiger partial charge >= 0.3 is 5.97 Å². The maximum Gasteiger partial charge on any atom is 0.358 e. The summed E-state index contributed by atoms with van der Waals surface area (Å²) in [5, 5.41) is 0. The van der Waals surface area contributed by atoms with Gasteiger partial charge in [-0.05, 0) is 12.8 Å². The second kappa shape index (κ2) is 6.55. The van der Waals surface area contributed by atoms with E-state index in [1.165, 1.54) is 19.5 Å². The first-order valence-electron chi connectivity index (χ1n) is 4.92. The number of ether oxygens (including phenoxy) is 2. The van der Waals surface area contributed by atoms with E-state index in [-0.39, 0.29) is 5.69 Å². The molecule has 0 N–H and O–H groups in total. The fourth-order valence-electron chi connectivity index (χ4n) is 1.01.